The Balaban J connectivity index is 2.67. The summed E-state index contributed by atoms with van der Waals surface area (Å²) in [6.45, 7) is 0. The van der Waals surface area contributed by atoms with Crippen LogP contribution < -0.4 is 11.3 Å². The number of benzene rings is 1. The number of rotatable bonds is 4. The van der Waals surface area contributed by atoms with Crippen LogP contribution in [0.3, 0.4) is 0 Å². The standard InChI is InChI=1S/C11H14N2O2/c1-15-11(14)8-4-6-9-5-2-3-7-10(9)13-12/h2-7,13H,8,12H2,1H3. The van der Waals surface area contributed by atoms with E-state index in [1.54, 1.807) is 6.08 Å². The van der Waals surface area contributed by atoms with Crippen LogP contribution in [-0.2, 0) is 9.53 Å². The van der Waals surface area contributed by atoms with E-state index in [2.05, 4.69) is 10.2 Å². The molecule has 0 amide bonds. The van der Waals surface area contributed by atoms with Gasteiger partial charge in [-0.2, -0.15) is 0 Å². The summed E-state index contributed by atoms with van der Waals surface area (Å²) in [5, 5.41) is 0. The van der Waals surface area contributed by atoms with Gasteiger partial charge in [0, 0.05) is 0 Å². The fourth-order valence-electron chi connectivity index (χ4n) is 1.14. The first-order valence-electron chi connectivity index (χ1n) is 4.57. The van der Waals surface area contributed by atoms with Gasteiger partial charge in [-0.05, 0) is 11.6 Å². The minimum Gasteiger partial charge on any atom is -0.469 e. The van der Waals surface area contributed by atoms with Gasteiger partial charge in [-0.25, -0.2) is 0 Å². The van der Waals surface area contributed by atoms with Gasteiger partial charge in [0.25, 0.3) is 0 Å². The van der Waals surface area contributed by atoms with E-state index in [1.165, 1.54) is 7.11 Å². The smallest absolute Gasteiger partial charge is 0.309 e. The van der Waals surface area contributed by atoms with Crippen LogP contribution in [0.5, 0.6) is 0 Å². The van der Waals surface area contributed by atoms with Gasteiger partial charge in [0.05, 0.1) is 19.2 Å². The molecule has 0 unspecified atom stereocenters. The zero-order valence-corrected chi connectivity index (χ0v) is 8.57. The number of nitrogen functional groups attached to an aromatic ring is 1. The molecule has 0 atom stereocenters. The number of esters is 1. The van der Waals surface area contributed by atoms with Crippen molar-refractivity contribution in [1.82, 2.24) is 0 Å². The third kappa shape index (κ3) is 3.44. The molecule has 4 heteroatoms. The molecule has 1 aromatic carbocycles. The maximum absolute atomic E-state index is 10.8. The summed E-state index contributed by atoms with van der Waals surface area (Å²) < 4.78 is 4.51. The Morgan fingerprint density at radius 2 is 2.27 bits per heavy atom. The Hall–Kier alpha value is -1.81. The second-order valence-electron chi connectivity index (χ2n) is 2.91. The number of nitrogens with two attached hydrogens (primary N) is 1. The average Bonchev–Trinajstić information content (AvgIpc) is 2.29. The molecule has 1 aromatic rings. The first-order chi connectivity index (χ1) is 7.27. The molecule has 0 aliphatic rings. The van der Waals surface area contributed by atoms with Gasteiger partial charge in [-0.1, -0.05) is 30.4 Å². The van der Waals surface area contributed by atoms with Crippen LogP contribution in [0.1, 0.15) is 12.0 Å². The Labute approximate surface area is 88.7 Å². The highest BCUT2D eigenvalue weighted by Crippen LogP contribution is 2.15. The number of hydrazine groups is 1. The summed E-state index contributed by atoms with van der Waals surface area (Å²) in [6.07, 6.45) is 3.82. The molecule has 0 bridgehead atoms. The second-order valence-corrected chi connectivity index (χ2v) is 2.91. The molecule has 0 aliphatic heterocycles. The molecule has 0 heterocycles. The molecule has 0 aromatic heterocycles. The maximum Gasteiger partial charge on any atom is 0.309 e. The van der Waals surface area contributed by atoms with Gasteiger partial charge in [-0.15, -0.1) is 0 Å². The molecule has 15 heavy (non-hydrogen) atoms. The fourth-order valence-corrected chi connectivity index (χ4v) is 1.14. The number of ether oxygens (including phenoxy) is 1. The number of anilines is 1. The number of para-hydroxylation sites is 1. The maximum atomic E-state index is 10.8. The van der Waals surface area contributed by atoms with Crippen LogP contribution in [0.15, 0.2) is 30.3 Å². The molecule has 0 saturated heterocycles. The highest BCUT2D eigenvalue weighted by Gasteiger charge is 1.97. The Bertz CT molecular complexity index is 361. The van der Waals surface area contributed by atoms with Crippen molar-refractivity contribution in [2.45, 2.75) is 6.42 Å². The summed E-state index contributed by atoms with van der Waals surface area (Å²) in [6, 6.07) is 7.55. The fraction of sp³-hybridized carbons (Fsp3) is 0.182. The van der Waals surface area contributed by atoms with Crippen molar-refractivity contribution in [3.63, 3.8) is 0 Å². The van der Waals surface area contributed by atoms with Crippen molar-refractivity contribution >= 4 is 17.7 Å². The minimum absolute atomic E-state index is 0.259. The molecule has 0 spiro atoms. The second kappa shape index (κ2) is 5.82. The van der Waals surface area contributed by atoms with E-state index in [9.17, 15) is 4.79 Å². The molecule has 0 saturated carbocycles. The van der Waals surface area contributed by atoms with E-state index >= 15 is 0 Å². The predicted molar refractivity (Wildman–Crippen MR) is 59.9 cm³/mol. The quantitative estimate of drug-likeness (QED) is 0.445. The average molecular weight is 206 g/mol. The van der Waals surface area contributed by atoms with Crippen molar-refractivity contribution < 1.29 is 9.53 Å². The van der Waals surface area contributed by atoms with Crippen LogP contribution in [0, 0.1) is 0 Å². The molecule has 0 aliphatic carbocycles. The first-order valence-corrected chi connectivity index (χ1v) is 4.57. The van der Waals surface area contributed by atoms with Crippen molar-refractivity contribution in [3.05, 3.63) is 35.9 Å². The van der Waals surface area contributed by atoms with E-state index in [0.717, 1.165) is 11.3 Å². The number of nitrogens with one attached hydrogen (secondary N) is 1. The summed E-state index contributed by atoms with van der Waals surface area (Å²) >= 11 is 0. The Morgan fingerprint density at radius 1 is 1.53 bits per heavy atom. The summed E-state index contributed by atoms with van der Waals surface area (Å²) in [5.41, 5.74) is 4.33. The zero-order chi connectivity index (χ0) is 11.1. The third-order valence-corrected chi connectivity index (χ3v) is 1.93. The van der Waals surface area contributed by atoms with E-state index < -0.39 is 0 Å². The lowest BCUT2D eigenvalue weighted by Gasteiger charge is -2.03. The van der Waals surface area contributed by atoms with Crippen LogP contribution in [-0.4, -0.2) is 13.1 Å². The normalized spacial score (nSPS) is 10.3. The lowest BCUT2D eigenvalue weighted by Crippen LogP contribution is -2.07. The highest BCUT2D eigenvalue weighted by atomic mass is 16.5. The van der Waals surface area contributed by atoms with E-state index in [1.807, 2.05) is 30.3 Å². The monoisotopic (exact) mass is 206 g/mol. The van der Waals surface area contributed by atoms with Gasteiger partial charge in [-0.3, -0.25) is 10.6 Å². The molecule has 3 N–H and O–H groups in total. The van der Waals surface area contributed by atoms with E-state index in [-0.39, 0.29) is 12.4 Å². The lowest BCUT2D eigenvalue weighted by molar-refractivity contribution is -0.139. The van der Waals surface area contributed by atoms with Crippen LogP contribution in [0.25, 0.3) is 6.08 Å². The summed E-state index contributed by atoms with van der Waals surface area (Å²) in [5.74, 6) is 5.07. The van der Waals surface area contributed by atoms with Crippen molar-refractivity contribution in [2.75, 3.05) is 12.5 Å². The van der Waals surface area contributed by atoms with Gasteiger partial charge in [0.15, 0.2) is 0 Å². The van der Waals surface area contributed by atoms with Crippen molar-refractivity contribution in [2.24, 2.45) is 5.84 Å². The Morgan fingerprint density at radius 3 is 2.93 bits per heavy atom. The molecule has 0 fully saturated rings. The summed E-state index contributed by atoms with van der Waals surface area (Å²) in [7, 11) is 1.37. The van der Waals surface area contributed by atoms with Crippen LogP contribution >= 0.6 is 0 Å². The predicted octanol–water partition coefficient (Wildman–Crippen LogP) is 1.55. The van der Waals surface area contributed by atoms with Gasteiger partial charge < -0.3 is 10.2 Å². The zero-order valence-electron chi connectivity index (χ0n) is 8.57. The lowest BCUT2D eigenvalue weighted by atomic mass is 10.1. The highest BCUT2D eigenvalue weighted by molar-refractivity contribution is 5.74. The van der Waals surface area contributed by atoms with Gasteiger partial charge in [0.2, 0.25) is 0 Å². The topological polar surface area (TPSA) is 64.3 Å². The van der Waals surface area contributed by atoms with Gasteiger partial charge in [0.1, 0.15) is 0 Å². The molecule has 0 radical (unpaired) electrons. The molecular formula is C11H14N2O2. The first kappa shape index (κ1) is 11.3. The minimum atomic E-state index is -0.260. The number of hydrogen-bond donors (Lipinski definition) is 2. The molecule has 1 rings (SSSR count). The van der Waals surface area contributed by atoms with Crippen molar-refractivity contribution in [1.29, 1.82) is 0 Å². The third-order valence-electron chi connectivity index (χ3n) is 1.93. The largest absolute Gasteiger partial charge is 0.469 e. The molecule has 4 nitrogen and oxygen atoms in total. The van der Waals surface area contributed by atoms with Crippen LogP contribution in [0.2, 0.25) is 0 Å². The van der Waals surface area contributed by atoms with Crippen LogP contribution in [0.4, 0.5) is 5.69 Å². The number of hydrogen-bond acceptors (Lipinski definition) is 4. The van der Waals surface area contributed by atoms with E-state index in [0.29, 0.717) is 0 Å². The van der Waals surface area contributed by atoms with E-state index in [4.69, 9.17) is 5.84 Å². The number of methoxy groups -OCH3 is 1. The van der Waals surface area contributed by atoms with Gasteiger partial charge >= 0.3 is 5.97 Å². The molecular weight excluding hydrogens is 192 g/mol. The Kier molecular flexibility index (Phi) is 4.37. The van der Waals surface area contributed by atoms with Crippen molar-refractivity contribution in [3.8, 4) is 0 Å². The number of carbonyl (C=O) groups excluding carboxylic acids is 1. The summed E-state index contributed by atoms with van der Waals surface area (Å²) in [4.78, 5) is 10.8. The molecule has 80 valence electrons. The number of carbonyl (C=O) groups is 1. The SMILES string of the molecule is COC(=O)CC=Cc1ccccc1NN.